The number of hydrogen-bond donors (Lipinski definition) is 1. The molecule has 3 nitrogen and oxygen atoms in total. The molecule has 0 atom stereocenters. The van der Waals surface area contributed by atoms with Crippen molar-refractivity contribution in [1.82, 2.24) is 4.98 Å². The Balaban J connectivity index is 2.16. The Labute approximate surface area is 110 Å². The quantitative estimate of drug-likeness (QED) is 0.918. The van der Waals surface area contributed by atoms with Gasteiger partial charge >= 0.3 is 6.18 Å². The number of nitrogens with two attached hydrogens (primary N) is 1. The molecule has 1 aromatic rings. The first-order valence-corrected chi connectivity index (χ1v) is 6.42. The van der Waals surface area contributed by atoms with Crippen LogP contribution in [0.1, 0.15) is 31.2 Å². The van der Waals surface area contributed by atoms with Gasteiger partial charge in [-0.25, -0.2) is 4.98 Å². The smallest absolute Gasteiger partial charge is 0.384 e. The van der Waals surface area contributed by atoms with Crippen LogP contribution >= 0.6 is 0 Å². The van der Waals surface area contributed by atoms with Crippen molar-refractivity contribution >= 4 is 11.6 Å². The molecular weight excluding hydrogens is 255 g/mol. The lowest BCUT2D eigenvalue weighted by Crippen LogP contribution is -2.25. The standard InChI is InChI=1S/C13H18F3N3/c1-19(8-9-4-2-3-5-9)12-7-10(13(14,15)16)6-11(17)18-12/h6-7,9H,2-5,8H2,1H3,(H2,17,18). The summed E-state index contributed by atoms with van der Waals surface area (Å²) in [6.45, 7) is 0.730. The molecule has 0 spiro atoms. The summed E-state index contributed by atoms with van der Waals surface area (Å²) in [7, 11) is 1.76. The molecule has 1 saturated carbocycles. The lowest BCUT2D eigenvalue weighted by molar-refractivity contribution is -0.137. The van der Waals surface area contributed by atoms with Crippen LogP contribution in [-0.2, 0) is 6.18 Å². The molecule has 1 aliphatic rings. The lowest BCUT2D eigenvalue weighted by Gasteiger charge is -2.23. The number of halogens is 3. The molecule has 106 valence electrons. The number of pyridine rings is 1. The van der Waals surface area contributed by atoms with Gasteiger partial charge in [0.2, 0.25) is 0 Å². The van der Waals surface area contributed by atoms with Crippen LogP contribution in [0.25, 0.3) is 0 Å². The molecule has 1 fully saturated rings. The fourth-order valence-corrected chi connectivity index (χ4v) is 2.57. The second-order valence-corrected chi connectivity index (χ2v) is 5.17. The summed E-state index contributed by atoms with van der Waals surface area (Å²) < 4.78 is 38.1. The third kappa shape index (κ3) is 3.52. The van der Waals surface area contributed by atoms with Crippen LogP contribution < -0.4 is 10.6 Å². The third-order valence-electron chi connectivity index (χ3n) is 3.56. The zero-order valence-electron chi connectivity index (χ0n) is 10.9. The second-order valence-electron chi connectivity index (χ2n) is 5.17. The fraction of sp³-hybridized carbons (Fsp3) is 0.615. The van der Waals surface area contributed by atoms with Crippen molar-refractivity contribution in [3.63, 3.8) is 0 Å². The second kappa shape index (κ2) is 5.27. The predicted molar refractivity (Wildman–Crippen MR) is 68.9 cm³/mol. The third-order valence-corrected chi connectivity index (χ3v) is 3.56. The molecule has 2 N–H and O–H groups in total. The number of nitrogens with zero attached hydrogens (tertiary/aromatic N) is 2. The molecular formula is C13H18F3N3. The Kier molecular flexibility index (Phi) is 3.87. The van der Waals surface area contributed by atoms with E-state index in [1.807, 2.05) is 0 Å². The van der Waals surface area contributed by atoms with E-state index in [1.165, 1.54) is 12.8 Å². The van der Waals surface area contributed by atoms with E-state index in [-0.39, 0.29) is 5.82 Å². The van der Waals surface area contributed by atoms with E-state index in [2.05, 4.69) is 4.98 Å². The van der Waals surface area contributed by atoms with Crippen LogP contribution in [0.2, 0.25) is 0 Å². The van der Waals surface area contributed by atoms with Crippen molar-refractivity contribution < 1.29 is 13.2 Å². The first-order chi connectivity index (χ1) is 8.86. The zero-order valence-corrected chi connectivity index (χ0v) is 10.9. The highest BCUT2D eigenvalue weighted by Gasteiger charge is 2.32. The first-order valence-electron chi connectivity index (χ1n) is 6.42. The summed E-state index contributed by atoms with van der Waals surface area (Å²) in [5.41, 5.74) is 4.72. The average molecular weight is 273 g/mol. The minimum atomic E-state index is -4.39. The van der Waals surface area contributed by atoms with Gasteiger partial charge in [0, 0.05) is 13.6 Å². The van der Waals surface area contributed by atoms with Gasteiger partial charge in [-0.2, -0.15) is 13.2 Å². The number of nitrogen functional groups attached to an aromatic ring is 1. The number of alkyl halides is 3. The maximum atomic E-state index is 12.7. The van der Waals surface area contributed by atoms with E-state index in [4.69, 9.17) is 5.73 Å². The highest BCUT2D eigenvalue weighted by atomic mass is 19.4. The van der Waals surface area contributed by atoms with Crippen LogP contribution in [-0.4, -0.2) is 18.6 Å². The molecule has 0 bridgehead atoms. The summed E-state index contributed by atoms with van der Waals surface area (Å²) in [6.07, 6.45) is 0.297. The number of anilines is 2. The molecule has 0 saturated heterocycles. The average Bonchev–Trinajstić information content (AvgIpc) is 2.79. The Hall–Kier alpha value is -1.46. The van der Waals surface area contributed by atoms with E-state index in [1.54, 1.807) is 11.9 Å². The SMILES string of the molecule is CN(CC1CCCC1)c1cc(C(F)(F)F)cc(N)n1. The predicted octanol–water partition coefficient (Wildman–Crippen LogP) is 3.31. The van der Waals surface area contributed by atoms with Gasteiger partial charge in [0.25, 0.3) is 0 Å². The van der Waals surface area contributed by atoms with Crippen molar-refractivity contribution in [2.75, 3.05) is 24.2 Å². The Morgan fingerprint density at radius 1 is 1.32 bits per heavy atom. The van der Waals surface area contributed by atoms with Gasteiger partial charge in [-0.15, -0.1) is 0 Å². The maximum absolute atomic E-state index is 12.7. The molecule has 19 heavy (non-hydrogen) atoms. The molecule has 0 amide bonds. The van der Waals surface area contributed by atoms with Crippen molar-refractivity contribution in [3.8, 4) is 0 Å². The lowest BCUT2D eigenvalue weighted by atomic mass is 10.1. The van der Waals surface area contributed by atoms with Gasteiger partial charge in [-0.05, 0) is 30.9 Å². The van der Waals surface area contributed by atoms with Crippen molar-refractivity contribution in [1.29, 1.82) is 0 Å². The minimum absolute atomic E-state index is 0.0944. The normalized spacial score (nSPS) is 16.8. The highest BCUT2D eigenvalue weighted by Crippen LogP contribution is 2.33. The van der Waals surface area contributed by atoms with Gasteiger partial charge in [-0.1, -0.05) is 12.8 Å². The van der Waals surface area contributed by atoms with Crippen molar-refractivity contribution in [2.24, 2.45) is 5.92 Å². The molecule has 1 aromatic heterocycles. The monoisotopic (exact) mass is 273 g/mol. The van der Waals surface area contributed by atoms with E-state index in [0.29, 0.717) is 11.7 Å². The largest absolute Gasteiger partial charge is 0.416 e. The van der Waals surface area contributed by atoms with Gasteiger partial charge in [0.05, 0.1) is 5.56 Å². The minimum Gasteiger partial charge on any atom is -0.384 e. The fourth-order valence-electron chi connectivity index (χ4n) is 2.57. The van der Waals surface area contributed by atoms with E-state index < -0.39 is 11.7 Å². The summed E-state index contributed by atoms with van der Waals surface area (Å²) in [5.74, 6) is 0.741. The van der Waals surface area contributed by atoms with E-state index in [0.717, 1.165) is 31.5 Å². The van der Waals surface area contributed by atoms with Crippen LogP contribution in [0.3, 0.4) is 0 Å². The summed E-state index contributed by atoms with van der Waals surface area (Å²) >= 11 is 0. The zero-order chi connectivity index (χ0) is 14.0. The Morgan fingerprint density at radius 3 is 2.53 bits per heavy atom. The molecule has 0 radical (unpaired) electrons. The molecule has 6 heteroatoms. The summed E-state index contributed by atoms with van der Waals surface area (Å²) in [5, 5.41) is 0. The molecule has 0 aromatic carbocycles. The van der Waals surface area contributed by atoms with Crippen LogP contribution in [0.5, 0.6) is 0 Å². The van der Waals surface area contributed by atoms with Gasteiger partial charge in [0.1, 0.15) is 11.6 Å². The summed E-state index contributed by atoms with van der Waals surface area (Å²) in [6, 6.07) is 1.93. The Morgan fingerprint density at radius 2 is 1.95 bits per heavy atom. The van der Waals surface area contributed by atoms with E-state index >= 15 is 0 Å². The topological polar surface area (TPSA) is 42.1 Å². The maximum Gasteiger partial charge on any atom is 0.416 e. The molecule has 2 rings (SSSR count). The number of rotatable bonds is 3. The van der Waals surface area contributed by atoms with Crippen molar-refractivity contribution in [2.45, 2.75) is 31.9 Å². The van der Waals surface area contributed by atoms with Gasteiger partial charge in [-0.3, -0.25) is 0 Å². The number of aromatic nitrogens is 1. The van der Waals surface area contributed by atoms with E-state index in [9.17, 15) is 13.2 Å². The Bertz CT molecular complexity index is 439. The number of hydrogen-bond acceptors (Lipinski definition) is 3. The van der Waals surface area contributed by atoms with Crippen LogP contribution in [0.4, 0.5) is 24.8 Å². The molecule has 1 aliphatic carbocycles. The van der Waals surface area contributed by atoms with Gasteiger partial charge in [0.15, 0.2) is 0 Å². The highest BCUT2D eigenvalue weighted by molar-refractivity contribution is 5.48. The first kappa shape index (κ1) is 14.0. The molecule has 0 aliphatic heterocycles. The molecule has 0 unspecified atom stereocenters. The van der Waals surface area contributed by atoms with Gasteiger partial charge < -0.3 is 10.6 Å². The van der Waals surface area contributed by atoms with Crippen LogP contribution in [0, 0.1) is 5.92 Å². The van der Waals surface area contributed by atoms with Crippen molar-refractivity contribution in [3.05, 3.63) is 17.7 Å². The van der Waals surface area contributed by atoms with Crippen LogP contribution in [0.15, 0.2) is 12.1 Å². The summed E-state index contributed by atoms with van der Waals surface area (Å²) in [4.78, 5) is 5.76. The molecule has 1 heterocycles.